The van der Waals surface area contributed by atoms with Crippen molar-refractivity contribution in [1.29, 1.82) is 0 Å². The van der Waals surface area contributed by atoms with Gasteiger partial charge in [-0.2, -0.15) is 20.1 Å². The lowest BCUT2D eigenvalue weighted by molar-refractivity contribution is 0.0693. The van der Waals surface area contributed by atoms with Gasteiger partial charge < -0.3 is 25.3 Å². The number of hydrazone groups is 1. The molecule has 0 amide bonds. The summed E-state index contributed by atoms with van der Waals surface area (Å²) in [6.07, 6.45) is 1.43. The third-order valence-corrected chi connectivity index (χ3v) is 5.19. The largest absolute Gasteiger partial charge is 0.507 e. The first-order chi connectivity index (χ1) is 18.5. The zero-order valence-electron chi connectivity index (χ0n) is 20.1. The van der Waals surface area contributed by atoms with E-state index < -0.39 is 5.97 Å². The maximum absolute atomic E-state index is 11.3. The van der Waals surface area contributed by atoms with Crippen LogP contribution < -0.4 is 16.1 Å². The zero-order valence-corrected chi connectivity index (χ0v) is 21.0. The number of benzene rings is 3. The number of nitrogens with one attached hydrogen (secondary N) is 3. The third-order valence-electron chi connectivity index (χ3n) is 5.19. The molecule has 5 rings (SSSR count). The Morgan fingerprint density at radius 2 is 1.38 bits per heavy atom. The Morgan fingerprint density at radius 3 is 1.97 bits per heavy atom. The molecule has 3 aromatic carbocycles. The van der Waals surface area contributed by atoms with Gasteiger partial charge in [0.2, 0.25) is 17.8 Å². The van der Waals surface area contributed by atoms with Crippen LogP contribution in [0.4, 0.5) is 29.2 Å². The van der Waals surface area contributed by atoms with Crippen LogP contribution in [0.2, 0.25) is 0 Å². The minimum absolute atomic E-state index is 0. The summed E-state index contributed by atoms with van der Waals surface area (Å²) in [5.74, 6) is 0.0624. The summed E-state index contributed by atoms with van der Waals surface area (Å²) in [4.78, 5) is 24.5. The minimum atomic E-state index is -1.23. The molecule has 196 valence electrons. The molecule has 39 heavy (non-hydrogen) atoms. The number of carboxylic acid groups (broad SMARTS) is 1. The van der Waals surface area contributed by atoms with E-state index in [1.54, 1.807) is 18.2 Å². The smallest absolute Gasteiger partial charge is 0.339 e. The molecule has 0 radical (unpaired) electrons. The molecule has 0 aliphatic heterocycles. The highest BCUT2D eigenvalue weighted by Gasteiger charge is 2.13. The molecule has 5 N–H and O–H groups in total. The zero-order chi connectivity index (χ0) is 26.3. The van der Waals surface area contributed by atoms with Gasteiger partial charge in [0.05, 0.1) is 6.21 Å². The van der Waals surface area contributed by atoms with E-state index in [-0.39, 0.29) is 29.7 Å². The van der Waals surface area contributed by atoms with Crippen molar-refractivity contribution in [3.8, 4) is 17.1 Å². The van der Waals surface area contributed by atoms with Crippen LogP contribution in [0, 0.1) is 0 Å². The molecule has 0 spiro atoms. The average Bonchev–Trinajstić information content (AvgIpc) is 3.39. The number of phenols is 1. The SMILES string of the molecule is Cl.O=C(O)c1cc(-c2ccc(C=NNc3nc(Nc4ccccc4)nc(Nc4ccccc4)n3)o2)ccc1O. The Morgan fingerprint density at radius 1 is 0.795 bits per heavy atom. The summed E-state index contributed by atoms with van der Waals surface area (Å²) in [6.45, 7) is 0. The Kier molecular flexibility index (Phi) is 8.34. The molecule has 12 heteroatoms. The predicted molar refractivity (Wildman–Crippen MR) is 151 cm³/mol. The fourth-order valence-electron chi connectivity index (χ4n) is 3.43. The summed E-state index contributed by atoms with van der Waals surface area (Å²) >= 11 is 0. The second kappa shape index (κ2) is 12.2. The normalized spacial score (nSPS) is 10.6. The van der Waals surface area contributed by atoms with Gasteiger partial charge in [0.1, 0.15) is 22.8 Å². The van der Waals surface area contributed by atoms with Crippen molar-refractivity contribution in [2.45, 2.75) is 0 Å². The highest BCUT2D eigenvalue weighted by atomic mass is 35.5. The highest BCUT2D eigenvalue weighted by molar-refractivity contribution is 5.92. The Hall–Kier alpha value is -5.42. The molecule has 0 saturated carbocycles. The molecule has 0 bridgehead atoms. The lowest BCUT2D eigenvalue weighted by Crippen LogP contribution is -2.07. The number of aromatic nitrogens is 3. The quantitative estimate of drug-likeness (QED) is 0.112. The van der Waals surface area contributed by atoms with Crippen LogP contribution in [0.3, 0.4) is 0 Å². The predicted octanol–water partition coefficient (Wildman–Crippen LogP) is 5.89. The summed E-state index contributed by atoms with van der Waals surface area (Å²) in [6, 6.07) is 26.5. The standard InChI is InChI=1S/C27H21N7O4.ClH/c35-22-13-11-17(15-21(22)24(36)37)23-14-12-20(38-23)16-28-34-27-32-25(29-18-7-3-1-4-8-18)31-26(33-27)30-19-9-5-2-6-10-19;/h1-16,35H,(H,36,37)(H3,29,30,31,32,33,34);1H. The summed E-state index contributed by atoms with van der Waals surface area (Å²) in [5, 5.41) is 29.4. The molecule has 0 aliphatic rings. The van der Waals surface area contributed by atoms with Gasteiger partial charge in [0.15, 0.2) is 0 Å². The summed E-state index contributed by atoms with van der Waals surface area (Å²) in [7, 11) is 0. The van der Waals surface area contributed by atoms with Gasteiger partial charge in [-0.15, -0.1) is 12.4 Å². The number of rotatable bonds is 9. The number of carboxylic acids is 1. The van der Waals surface area contributed by atoms with Gasteiger partial charge in [-0.05, 0) is 54.6 Å². The lowest BCUT2D eigenvalue weighted by Gasteiger charge is -2.10. The number of furan rings is 1. The van der Waals surface area contributed by atoms with E-state index in [4.69, 9.17) is 4.42 Å². The summed E-state index contributed by atoms with van der Waals surface area (Å²) < 4.78 is 5.75. The van der Waals surface area contributed by atoms with Crippen LogP contribution in [-0.2, 0) is 0 Å². The Bertz CT molecular complexity index is 1540. The highest BCUT2D eigenvalue weighted by Crippen LogP contribution is 2.27. The maximum atomic E-state index is 11.3. The van der Waals surface area contributed by atoms with E-state index in [0.29, 0.717) is 29.0 Å². The van der Waals surface area contributed by atoms with E-state index in [9.17, 15) is 15.0 Å². The monoisotopic (exact) mass is 543 g/mol. The van der Waals surface area contributed by atoms with Crippen LogP contribution in [-0.4, -0.2) is 37.3 Å². The number of anilines is 5. The number of hydrogen-bond acceptors (Lipinski definition) is 10. The number of aromatic carboxylic acids is 1. The van der Waals surface area contributed by atoms with E-state index >= 15 is 0 Å². The molecule has 2 aromatic heterocycles. The number of halogens is 1. The molecule has 5 aromatic rings. The number of carbonyl (C=O) groups is 1. The van der Waals surface area contributed by atoms with Crippen molar-refractivity contribution >= 4 is 53.8 Å². The van der Waals surface area contributed by atoms with E-state index in [1.165, 1.54) is 18.3 Å². The molecular weight excluding hydrogens is 522 g/mol. The van der Waals surface area contributed by atoms with Crippen molar-refractivity contribution in [1.82, 2.24) is 15.0 Å². The number of hydrogen-bond donors (Lipinski definition) is 5. The van der Waals surface area contributed by atoms with Gasteiger partial charge in [-0.25, -0.2) is 10.2 Å². The van der Waals surface area contributed by atoms with Crippen LogP contribution in [0.15, 0.2) is 101 Å². The first-order valence-corrected chi connectivity index (χ1v) is 11.4. The van der Waals surface area contributed by atoms with E-state index in [1.807, 2.05) is 60.7 Å². The molecule has 0 aliphatic carbocycles. The Balaban J connectivity index is 0.00000353. The summed E-state index contributed by atoms with van der Waals surface area (Å²) in [5.41, 5.74) is 4.68. The maximum Gasteiger partial charge on any atom is 0.339 e. The average molecular weight is 544 g/mol. The second-order valence-corrected chi connectivity index (χ2v) is 7.90. The topological polar surface area (TPSA) is 158 Å². The number of para-hydroxylation sites is 2. The van der Waals surface area contributed by atoms with Crippen LogP contribution in [0.25, 0.3) is 11.3 Å². The van der Waals surface area contributed by atoms with Gasteiger partial charge in [-0.1, -0.05) is 36.4 Å². The first kappa shape index (κ1) is 26.6. The van der Waals surface area contributed by atoms with E-state index in [0.717, 1.165) is 11.4 Å². The molecule has 0 unspecified atom stereocenters. The number of nitrogens with zero attached hydrogens (tertiary/aromatic N) is 4. The van der Waals surface area contributed by atoms with Gasteiger partial charge in [-0.3, -0.25) is 0 Å². The van der Waals surface area contributed by atoms with Crippen molar-refractivity contribution in [2.24, 2.45) is 5.10 Å². The minimum Gasteiger partial charge on any atom is -0.507 e. The van der Waals surface area contributed by atoms with Gasteiger partial charge in [0.25, 0.3) is 0 Å². The van der Waals surface area contributed by atoms with Crippen molar-refractivity contribution in [3.05, 3.63) is 102 Å². The molecule has 0 fully saturated rings. The second-order valence-electron chi connectivity index (χ2n) is 7.90. The first-order valence-electron chi connectivity index (χ1n) is 11.4. The van der Waals surface area contributed by atoms with Crippen molar-refractivity contribution < 1.29 is 19.4 Å². The van der Waals surface area contributed by atoms with Crippen molar-refractivity contribution in [3.63, 3.8) is 0 Å². The van der Waals surface area contributed by atoms with Crippen LogP contribution >= 0.6 is 12.4 Å². The Labute approximate surface area is 228 Å². The van der Waals surface area contributed by atoms with Gasteiger partial charge in [0, 0.05) is 16.9 Å². The molecular formula is C27H22ClN7O4. The molecule has 0 atom stereocenters. The third kappa shape index (κ3) is 6.87. The van der Waals surface area contributed by atoms with Gasteiger partial charge >= 0.3 is 5.97 Å². The number of aromatic hydroxyl groups is 1. The molecule has 2 heterocycles. The molecule has 11 nitrogen and oxygen atoms in total. The van der Waals surface area contributed by atoms with Crippen molar-refractivity contribution in [2.75, 3.05) is 16.1 Å². The fraction of sp³-hybridized carbons (Fsp3) is 0. The van der Waals surface area contributed by atoms with E-state index in [2.05, 4.69) is 36.1 Å². The molecule has 0 saturated heterocycles. The fourth-order valence-corrected chi connectivity index (χ4v) is 3.43. The lowest BCUT2D eigenvalue weighted by atomic mass is 10.1. The van der Waals surface area contributed by atoms with Crippen LogP contribution in [0.1, 0.15) is 16.1 Å². The van der Waals surface area contributed by atoms with Crippen LogP contribution in [0.5, 0.6) is 5.75 Å².